The monoisotopic (exact) mass is 217 g/mol. The highest BCUT2D eigenvalue weighted by Gasteiger charge is 2.16. The third-order valence-corrected chi connectivity index (χ3v) is 3.14. The fourth-order valence-electron chi connectivity index (χ4n) is 1.01. The van der Waals surface area contributed by atoms with Crippen molar-refractivity contribution in [3.8, 4) is 0 Å². The van der Waals surface area contributed by atoms with E-state index in [1.165, 1.54) is 6.07 Å². The van der Waals surface area contributed by atoms with E-state index in [-0.39, 0.29) is 5.09 Å². The fourth-order valence-corrected chi connectivity index (χ4v) is 2.05. The fraction of sp³-hybridized carbons (Fsp3) is 0.556. The summed E-state index contributed by atoms with van der Waals surface area (Å²) in [5.74, 6) is 0.598. The van der Waals surface area contributed by atoms with Crippen LogP contribution in [0, 0.1) is 6.92 Å². The Morgan fingerprint density at radius 1 is 1.43 bits per heavy atom. The molecule has 1 N–H and O–H groups in total. The lowest BCUT2D eigenvalue weighted by molar-refractivity contribution is 0.425. The maximum absolute atomic E-state index is 11.5. The summed E-state index contributed by atoms with van der Waals surface area (Å²) < 4.78 is 30.5. The van der Waals surface area contributed by atoms with E-state index in [0.717, 1.165) is 12.8 Å². The Hall–Kier alpha value is -0.810. The van der Waals surface area contributed by atoms with E-state index in [9.17, 15) is 8.42 Å². The highest BCUT2D eigenvalue weighted by Crippen LogP contribution is 2.12. The lowest BCUT2D eigenvalue weighted by Crippen LogP contribution is -2.24. The molecule has 1 aromatic heterocycles. The lowest BCUT2D eigenvalue weighted by atomic mass is 10.3. The quantitative estimate of drug-likeness (QED) is 0.763. The molecule has 0 radical (unpaired) electrons. The molecule has 0 unspecified atom stereocenters. The van der Waals surface area contributed by atoms with Crippen molar-refractivity contribution in [3.05, 3.63) is 17.9 Å². The molecule has 0 aliphatic carbocycles. The first-order valence-corrected chi connectivity index (χ1v) is 6.10. The van der Waals surface area contributed by atoms with Gasteiger partial charge in [0.15, 0.2) is 0 Å². The van der Waals surface area contributed by atoms with E-state index < -0.39 is 10.0 Å². The largest absolute Gasteiger partial charge is 0.449 e. The number of sulfonamides is 1. The van der Waals surface area contributed by atoms with E-state index in [2.05, 4.69) is 4.72 Å². The summed E-state index contributed by atoms with van der Waals surface area (Å²) in [5, 5.41) is -0.00824. The smallest absolute Gasteiger partial charge is 0.273 e. The second kappa shape index (κ2) is 4.61. The predicted octanol–water partition coefficient (Wildman–Crippen LogP) is 1.67. The van der Waals surface area contributed by atoms with Gasteiger partial charge < -0.3 is 4.42 Å². The first-order valence-electron chi connectivity index (χ1n) is 4.62. The summed E-state index contributed by atoms with van der Waals surface area (Å²) >= 11 is 0. The van der Waals surface area contributed by atoms with Crippen molar-refractivity contribution in [1.29, 1.82) is 0 Å². The summed E-state index contributed by atoms with van der Waals surface area (Å²) in [5.41, 5.74) is 0. The number of furan rings is 1. The second-order valence-corrected chi connectivity index (χ2v) is 4.81. The molecule has 5 heteroatoms. The van der Waals surface area contributed by atoms with Gasteiger partial charge in [0, 0.05) is 6.54 Å². The van der Waals surface area contributed by atoms with Gasteiger partial charge in [-0.1, -0.05) is 13.3 Å². The van der Waals surface area contributed by atoms with E-state index in [1.54, 1.807) is 13.0 Å². The first kappa shape index (κ1) is 11.3. The van der Waals surface area contributed by atoms with Crippen molar-refractivity contribution in [1.82, 2.24) is 4.72 Å². The molecule has 1 heterocycles. The molecule has 0 saturated carbocycles. The van der Waals surface area contributed by atoms with Gasteiger partial charge in [0.05, 0.1) is 0 Å². The van der Waals surface area contributed by atoms with Gasteiger partial charge in [-0.2, -0.15) is 0 Å². The van der Waals surface area contributed by atoms with Crippen molar-refractivity contribution in [2.75, 3.05) is 6.54 Å². The zero-order valence-corrected chi connectivity index (χ0v) is 9.23. The molecule has 0 aliphatic rings. The van der Waals surface area contributed by atoms with Gasteiger partial charge in [-0.3, -0.25) is 0 Å². The molecule has 0 saturated heterocycles. The molecule has 0 spiro atoms. The minimum Gasteiger partial charge on any atom is -0.449 e. The average molecular weight is 217 g/mol. The summed E-state index contributed by atoms with van der Waals surface area (Å²) in [6.07, 6.45) is 1.79. The van der Waals surface area contributed by atoms with Gasteiger partial charge >= 0.3 is 0 Å². The predicted molar refractivity (Wildman–Crippen MR) is 53.5 cm³/mol. The number of rotatable bonds is 5. The average Bonchev–Trinajstić information content (AvgIpc) is 2.53. The molecule has 0 atom stereocenters. The van der Waals surface area contributed by atoms with Crippen LogP contribution < -0.4 is 4.72 Å². The van der Waals surface area contributed by atoms with Gasteiger partial charge in [-0.15, -0.1) is 0 Å². The molecule has 14 heavy (non-hydrogen) atoms. The molecule has 0 bridgehead atoms. The highest BCUT2D eigenvalue weighted by molar-refractivity contribution is 7.89. The maximum Gasteiger partial charge on any atom is 0.273 e. The molecule has 0 fully saturated rings. The number of aryl methyl sites for hydroxylation is 1. The van der Waals surface area contributed by atoms with Crippen LogP contribution >= 0.6 is 0 Å². The minimum atomic E-state index is -3.43. The third kappa shape index (κ3) is 2.85. The zero-order chi connectivity index (χ0) is 10.6. The van der Waals surface area contributed by atoms with Crippen molar-refractivity contribution in [2.24, 2.45) is 0 Å². The van der Waals surface area contributed by atoms with Crippen LogP contribution in [-0.2, 0) is 10.0 Å². The normalized spacial score (nSPS) is 11.9. The van der Waals surface area contributed by atoms with Crippen LogP contribution in [-0.4, -0.2) is 15.0 Å². The zero-order valence-electron chi connectivity index (χ0n) is 8.41. The van der Waals surface area contributed by atoms with Crippen LogP contribution in [0.15, 0.2) is 21.6 Å². The molecule has 0 aromatic carbocycles. The Bertz CT molecular complexity index is 381. The van der Waals surface area contributed by atoms with Gasteiger partial charge in [0.1, 0.15) is 5.76 Å². The Morgan fingerprint density at radius 3 is 2.64 bits per heavy atom. The second-order valence-electron chi connectivity index (χ2n) is 3.12. The number of unbranched alkanes of at least 4 members (excludes halogenated alkanes) is 1. The number of hydrogen-bond donors (Lipinski definition) is 1. The van der Waals surface area contributed by atoms with E-state index >= 15 is 0 Å². The van der Waals surface area contributed by atoms with E-state index in [0.29, 0.717) is 12.3 Å². The molecular weight excluding hydrogens is 202 g/mol. The standard InChI is InChI=1S/C9H15NO3S/c1-3-4-7-10-14(11,12)9-6-5-8(2)13-9/h5-6,10H,3-4,7H2,1-2H3. The summed E-state index contributed by atoms with van der Waals surface area (Å²) in [4.78, 5) is 0. The lowest BCUT2D eigenvalue weighted by Gasteiger charge is -2.02. The van der Waals surface area contributed by atoms with Gasteiger partial charge in [-0.05, 0) is 25.5 Å². The summed E-state index contributed by atoms with van der Waals surface area (Å²) in [6.45, 7) is 4.18. The highest BCUT2D eigenvalue weighted by atomic mass is 32.2. The van der Waals surface area contributed by atoms with E-state index in [4.69, 9.17) is 4.42 Å². The van der Waals surface area contributed by atoms with Crippen molar-refractivity contribution in [2.45, 2.75) is 31.8 Å². The maximum atomic E-state index is 11.5. The topological polar surface area (TPSA) is 59.3 Å². The van der Waals surface area contributed by atoms with Crippen LogP contribution in [0.1, 0.15) is 25.5 Å². The van der Waals surface area contributed by atoms with Gasteiger partial charge in [-0.25, -0.2) is 13.1 Å². The number of nitrogens with one attached hydrogen (secondary N) is 1. The molecule has 4 nitrogen and oxygen atoms in total. The molecule has 0 aliphatic heterocycles. The van der Waals surface area contributed by atoms with E-state index in [1.807, 2.05) is 6.92 Å². The SMILES string of the molecule is CCCCNS(=O)(=O)c1ccc(C)o1. The molecule has 1 rings (SSSR count). The van der Waals surface area contributed by atoms with Crippen LogP contribution in [0.3, 0.4) is 0 Å². The Balaban J connectivity index is 2.66. The summed E-state index contributed by atoms with van der Waals surface area (Å²) in [6, 6.07) is 3.10. The Labute approximate surface area is 84.4 Å². The Kier molecular flexibility index (Phi) is 3.71. The third-order valence-electron chi connectivity index (χ3n) is 1.80. The van der Waals surface area contributed by atoms with Gasteiger partial charge in [0.2, 0.25) is 5.09 Å². The van der Waals surface area contributed by atoms with Crippen molar-refractivity contribution in [3.63, 3.8) is 0 Å². The first-order chi connectivity index (χ1) is 6.56. The van der Waals surface area contributed by atoms with Crippen LogP contribution in [0.4, 0.5) is 0 Å². The molecule has 0 amide bonds. The van der Waals surface area contributed by atoms with Crippen LogP contribution in [0.25, 0.3) is 0 Å². The molecular formula is C9H15NO3S. The van der Waals surface area contributed by atoms with Crippen molar-refractivity contribution >= 4 is 10.0 Å². The van der Waals surface area contributed by atoms with Crippen molar-refractivity contribution < 1.29 is 12.8 Å². The van der Waals surface area contributed by atoms with Gasteiger partial charge in [0.25, 0.3) is 10.0 Å². The Morgan fingerprint density at radius 2 is 2.14 bits per heavy atom. The molecule has 1 aromatic rings. The number of hydrogen-bond acceptors (Lipinski definition) is 3. The molecule has 80 valence electrons. The minimum absolute atomic E-state index is 0.00824. The van der Waals surface area contributed by atoms with Crippen LogP contribution in [0.5, 0.6) is 0 Å². The van der Waals surface area contributed by atoms with Crippen LogP contribution in [0.2, 0.25) is 0 Å². The summed E-state index contributed by atoms with van der Waals surface area (Å²) in [7, 11) is -3.43.